The number of esters is 1. The molecule has 0 spiro atoms. The molecular weight excluding hydrogens is 420 g/mol. The van der Waals surface area contributed by atoms with Crippen molar-refractivity contribution < 1.29 is 23.9 Å². The fourth-order valence-electron chi connectivity index (χ4n) is 4.76. The number of amides is 2. The van der Waals surface area contributed by atoms with E-state index in [-0.39, 0.29) is 5.91 Å². The Labute approximate surface area is 194 Å². The van der Waals surface area contributed by atoms with E-state index < -0.39 is 30.3 Å². The van der Waals surface area contributed by atoms with Gasteiger partial charge >= 0.3 is 5.97 Å². The van der Waals surface area contributed by atoms with Gasteiger partial charge in [0.25, 0.3) is 5.91 Å². The lowest BCUT2D eigenvalue weighted by atomic mass is 9.78. The number of para-hydroxylation sites is 3. The molecule has 4 rings (SSSR count). The molecule has 1 saturated carbocycles. The fourth-order valence-corrected chi connectivity index (χ4v) is 4.76. The van der Waals surface area contributed by atoms with Gasteiger partial charge in [0.1, 0.15) is 5.75 Å². The molecule has 0 bridgehead atoms. The molecule has 0 radical (unpaired) electrons. The van der Waals surface area contributed by atoms with E-state index in [1.165, 1.54) is 0 Å². The third-order valence-corrected chi connectivity index (χ3v) is 6.35. The molecule has 1 aliphatic heterocycles. The number of benzene rings is 2. The molecule has 1 aliphatic carbocycles. The molecule has 2 aromatic carbocycles. The number of nitrogens with one attached hydrogen (secondary N) is 1. The maximum Gasteiger partial charge on any atom is 0.310 e. The highest BCUT2D eigenvalue weighted by atomic mass is 16.5. The van der Waals surface area contributed by atoms with Gasteiger partial charge in [-0.2, -0.15) is 0 Å². The third-order valence-electron chi connectivity index (χ3n) is 6.35. The SMILES string of the molecule is CCOc1ccccc1NC(=O)COC(=O)C1CCCCC1C(=O)N1CCc2ccccc21. The topological polar surface area (TPSA) is 84.9 Å². The molecule has 2 atom stereocenters. The van der Waals surface area contributed by atoms with Gasteiger partial charge in [0.15, 0.2) is 6.61 Å². The molecule has 2 aliphatic rings. The van der Waals surface area contributed by atoms with Crippen LogP contribution in [-0.2, 0) is 25.5 Å². The number of carbonyl (C=O) groups excluding carboxylic acids is 3. The van der Waals surface area contributed by atoms with Gasteiger partial charge in [-0.3, -0.25) is 14.4 Å². The van der Waals surface area contributed by atoms with Gasteiger partial charge in [0.2, 0.25) is 5.91 Å². The Hall–Kier alpha value is -3.35. The summed E-state index contributed by atoms with van der Waals surface area (Å²) in [5, 5.41) is 2.73. The number of hydrogen-bond acceptors (Lipinski definition) is 5. The van der Waals surface area contributed by atoms with Crippen molar-refractivity contribution in [3.63, 3.8) is 0 Å². The zero-order valence-corrected chi connectivity index (χ0v) is 18.9. The van der Waals surface area contributed by atoms with Crippen LogP contribution in [0.25, 0.3) is 0 Å². The zero-order valence-electron chi connectivity index (χ0n) is 18.9. The molecule has 2 amide bonds. The number of carbonyl (C=O) groups is 3. The van der Waals surface area contributed by atoms with Crippen molar-refractivity contribution in [1.82, 2.24) is 0 Å². The molecule has 174 valence electrons. The summed E-state index contributed by atoms with van der Waals surface area (Å²) in [5.74, 6) is -1.32. The van der Waals surface area contributed by atoms with E-state index in [2.05, 4.69) is 5.32 Å². The number of rotatable bonds is 7. The summed E-state index contributed by atoms with van der Waals surface area (Å²) in [5.41, 5.74) is 2.62. The Morgan fingerprint density at radius 1 is 1.00 bits per heavy atom. The van der Waals surface area contributed by atoms with E-state index in [0.717, 1.165) is 30.5 Å². The monoisotopic (exact) mass is 450 g/mol. The summed E-state index contributed by atoms with van der Waals surface area (Å²) in [6, 6.07) is 15.0. The van der Waals surface area contributed by atoms with E-state index in [9.17, 15) is 14.4 Å². The first-order valence-electron chi connectivity index (χ1n) is 11.7. The first-order valence-corrected chi connectivity index (χ1v) is 11.7. The molecule has 2 aromatic rings. The minimum atomic E-state index is -0.525. The normalized spacial score (nSPS) is 19.5. The van der Waals surface area contributed by atoms with Gasteiger partial charge in [0, 0.05) is 12.2 Å². The number of ether oxygens (including phenoxy) is 2. The predicted molar refractivity (Wildman–Crippen MR) is 125 cm³/mol. The standard InChI is InChI=1S/C26H30N2O5/c1-2-32-23-14-8-6-12-21(23)27-24(29)17-33-26(31)20-11-5-4-10-19(20)25(30)28-16-15-18-9-3-7-13-22(18)28/h3,6-9,12-14,19-20H,2,4-5,10-11,15-17H2,1H3,(H,27,29). The molecule has 0 saturated heterocycles. The average molecular weight is 451 g/mol. The van der Waals surface area contributed by atoms with Gasteiger partial charge in [-0.05, 0) is 49.9 Å². The van der Waals surface area contributed by atoms with Crippen LogP contribution < -0.4 is 15.0 Å². The van der Waals surface area contributed by atoms with Crippen LogP contribution in [0.15, 0.2) is 48.5 Å². The van der Waals surface area contributed by atoms with E-state index in [1.807, 2.05) is 42.2 Å². The maximum atomic E-state index is 13.4. The zero-order chi connectivity index (χ0) is 23.2. The highest BCUT2D eigenvalue weighted by Crippen LogP contribution is 2.36. The van der Waals surface area contributed by atoms with E-state index in [4.69, 9.17) is 9.47 Å². The summed E-state index contributed by atoms with van der Waals surface area (Å²) >= 11 is 0. The maximum absolute atomic E-state index is 13.4. The highest BCUT2D eigenvalue weighted by Gasteiger charge is 2.40. The van der Waals surface area contributed by atoms with Crippen molar-refractivity contribution >= 4 is 29.2 Å². The van der Waals surface area contributed by atoms with Crippen LogP contribution in [0.1, 0.15) is 38.2 Å². The summed E-state index contributed by atoms with van der Waals surface area (Å²) < 4.78 is 10.9. The predicted octanol–water partition coefficient (Wildman–Crippen LogP) is 3.96. The Morgan fingerprint density at radius 2 is 1.73 bits per heavy atom. The number of hydrogen-bond donors (Lipinski definition) is 1. The van der Waals surface area contributed by atoms with Crippen molar-refractivity contribution in [3.8, 4) is 5.75 Å². The Kier molecular flexibility index (Phi) is 7.27. The minimum Gasteiger partial charge on any atom is -0.492 e. The average Bonchev–Trinajstić information content (AvgIpc) is 3.28. The largest absolute Gasteiger partial charge is 0.492 e. The third kappa shape index (κ3) is 5.18. The molecule has 0 aromatic heterocycles. The second-order valence-electron chi connectivity index (χ2n) is 8.45. The van der Waals surface area contributed by atoms with Crippen molar-refractivity contribution in [2.24, 2.45) is 11.8 Å². The van der Waals surface area contributed by atoms with Crippen molar-refractivity contribution in [1.29, 1.82) is 0 Å². The van der Waals surface area contributed by atoms with E-state index in [1.54, 1.807) is 18.2 Å². The molecule has 1 fully saturated rings. The van der Waals surface area contributed by atoms with Crippen LogP contribution in [0.2, 0.25) is 0 Å². The number of fused-ring (bicyclic) bond motifs is 1. The molecule has 33 heavy (non-hydrogen) atoms. The van der Waals surface area contributed by atoms with Crippen LogP contribution in [0.3, 0.4) is 0 Å². The Bertz CT molecular complexity index is 1020. The molecule has 1 heterocycles. The lowest BCUT2D eigenvalue weighted by Gasteiger charge is -2.32. The van der Waals surface area contributed by atoms with E-state index >= 15 is 0 Å². The first kappa shape index (κ1) is 22.8. The molecule has 2 unspecified atom stereocenters. The van der Waals surface area contributed by atoms with Gasteiger partial charge in [-0.1, -0.05) is 43.2 Å². The van der Waals surface area contributed by atoms with Crippen molar-refractivity contribution in [3.05, 3.63) is 54.1 Å². The molecular formula is C26H30N2O5. The summed E-state index contributed by atoms with van der Waals surface area (Å²) in [7, 11) is 0. The smallest absolute Gasteiger partial charge is 0.310 e. The molecule has 1 N–H and O–H groups in total. The number of anilines is 2. The van der Waals surface area contributed by atoms with Gasteiger partial charge < -0.3 is 19.7 Å². The lowest BCUT2D eigenvalue weighted by molar-refractivity contribution is -0.156. The highest BCUT2D eigenvalue weighted by molar-refractivity contribution is 5.99. The van der Waals surface area contributed by atoms with Crippen LogP contribution in [0.4, 0.5) is 11.4 Å². The lowest BCUT2D eigenvalue weighted by Crippen LogP contribution is -2.42. The van der Waals surface area contributed by atoms with Crippen LogP contribution in [0, 0.1) is 11.8 Å². The second-order valence-corrected chi connectivity index (χ2v) is 8.45. The summed E-state index contributed by atoms with van der Waals surface area (Å²) in [4.78, 5) is 40.5. The van der Waals surface area contributed by atoms with Gasteiger partial charge in [-0.25, -0.2) is 0 Å². The van der Waals surface area contributed by atoms with Crippen molar-refractivity contribution in [2.45, 2.75) is 39.0 Å². The fraction of sp³-hybridized carbons (Fsp3) is 0.423. The van der Waals surface area contributed by atoms with Crippen LogP contribution in [-0.4, -0.2) is 37.5 Å². The first-order chi connectivity index (χ1) is 16.1. The Morgan fingerprint density at radius 3 is 2.55 bits per heavy atom. The molecule has 7 nitrogen and oxygen atoms in total. The van der Waals surface area contributed by atoms with Crippen LogP contribution >= 0.6 is 0 Å². The second kappa shape index (κ2) is 10.5. The summed E-state index contributed by atoms with van der Waals surface area (Å²) in [6.45, 7) is 2.57. The van der Waals surface area contributed by atoms with Gasteiger partial charge in [-0.15, -0.1) is 0 Å². The number of nitrogens with zero attached hydrogens (tertiary/aromatic N) is 1. The quantitative estimate of drug-likeness (QED) is 0.646. The van der Waals surface area contributed by atoms with Crippen molar-refractivity contribution in [2.75, 3.05) is 30.0 Å². The molecule has 7 heteroatoms. The van der Waals surface area contributed by atoms with E-state index in [0.29, 0.717) is 37.4 Å². The van der Waals surface area contributed by atoms with Crippen LogP contribution in [0.5, 0.6) is 5.75 Å². The Balaban J connectivity index is 1.37. The summed E-state index contributed by atoms with van der Waals surface area (Å²) in [6.07, 6.45) is 3.86. The minimum absolute atomic E-state index is 0.0170. The van der Waals surface area contributed by atoms with Gasteiger partial charge in [0.05, 0.1) is 24.1 Å².